The van der Waals surface area contributed by atoms with Gasteiger partial charge in [0.25, 0.3) is 0 Å². The molecular formula is C21H24FN3O2. The van der Waals surface area contributed by atoms with Gasteiger partial charge in [0, 0.05) is 23.6 Å². The van der Waals surface area contributed by atoms with Crippen molar-refractivity contribution < 1.29 is 13.9 Å². The Kier molecular flexibility index (Phi) is 5.96. The number of hydrogen-bond donors (Lipinski definition) is 3. The molecule has 2 amide bonds. The van der Waals surface area contributed by atoms with Gasteiger partial charge in [0.15, 0.2) is 0 Å². The minimum atomic E-state index is -0.266. The minimum absolute atomic E-state index is 0.122. The summed E-state index contributed by atoms with van der Waals surface area (Å²) in [5.74, 6) is 0.547. The van der Waals surface area contributed by atoms with Gasteiger partial charge in [-0.25, -0.2) is 9.18 Å². The smallest absolute Gasteiger partial charge is 0.315 e. The Morgan fingerprint density at radius 1 is 1.22 bits per heavy atom. The maximum Gasteiger partial charge on any atom is 0.315 e. The number of urea groups is 1. The normalized spacial score (nSPS) is 12.0. The highest BCUT2D eigenvalue weighted by Gasteiger charge is 2.10. The van der Waals surface area contributed by atoms with Crippen LogP contribution >= 0.6 is 0 Å². The molecule has 0 saturated carbocycles. The molecule has 0 radical (unpaired) electrons. The van der Waals surface area contributed by atoms with Crippen molar-refractivity contribution in [1.29, 1.82) is 0 Å². The van der Waals surface area contributed by atoms with E-state index in [4.69, 9.17) is 4.74 Å². The number of fused-ring (bicyclic) bond motifs is 1. The Morgan fingerprint density at radius 3 is 2.74 bits per heavy atom. The number of rotatable bonds is 7. The van der Waals surface area contributed by atoms with Crippen LogP contribution in [0.3, 0.4) is 0 Å². The third-order valence-corrected chi connectivity index (χ3v) is 4.45. The summed E-state index contributed by atoms with van der Waals surface area (Å²) in [4.78, 5) is 15.2. The molecule has 5 nitrogen and oxygen atoms in total. The van der Waals surface area contributed by atoms with Crippen LogP contribution in [-0.4, -0.2) is 24.2 Å². The molecule has 1 heterocycles. The van der Waals surface area contributed by atoms with Gasteiger partial charge in [0.1, 0.15) is 11.6 Å². The molecule has 3 rings (SSSR count). The second kappa shape index (κ2) is 8.58. The zero-order valence-corrected chi connectivity index (χ0v) is 15.5. The average Bonchev–Trinajstić information content (AvgIpc) is 3.05. The molecule has 3 N–H and O–H groups in total. The van der Waals surface area contributed by atoms with Gasteiger partial charge in [-0.1, -0.05) is 12.1 Å². The number of ether oxygens (including phenoxy) is 1. The summed E-state index contributed by atoms with van der Waals surface area (Å²) in [7, 11) is 0. The Morgan fingerprint density at radius 2 is 2.00 bits per heavy atom. The number of hydrogen-bond acceptors (Lipinski definition) is 2. The SMILES string of the molecule is CCOc1ccc(C(C)NC(=O)NCCc2c[nH]c3ccc(F)cc23)cc1. The topological polar surface area (TPSA) is 66.2 Å². The largest absolute Gasteiger partial charge is 0.494 e. The predicted molar refractivity (Wildman–Crippen MR) is 105 cm³/mol. The fourth-order valence-electron chi connectivity index (χ4n) is 3.02. The highest BCUT2D eigenvalue weighted by molar-refractivity contribution is 5.83. The van der Waals surface area contributed by atoms with Gasteiger partial charge in [-0.15, -0.1) is 0 Å². The summed E-state index contributed by atoms with van der Waals surface area (Å²) in [6.07, 6.45) is 2.47. The molecule has 3 aromatic rings. The highest BCUT2D eigenvalue weighted by atomic mass is 19.1. The average molecular weight is 369 g/mol. The first-order valence-corrected chi connectivity index (χ1v) is 9.09. The molecule has 1 aromatic heterocycles. The van der Waals surface area contributed by atoms with E-state index in [1.807, 2.05) is 44.3 Å². The lowest BCUT2D eigenvalue weighted by molar-refractivity contribution is 0.238. The zero-order valence-electron chi connectivity index (χ0n) is 15.5. The maximum atomic E-state index is 13.4. The van der Waals surface area contributed by atoms with Gasteiger partial charge < -0.3 is 20.4 Å². The molecule has 0 fully saturated rings. The van der Waals surface area contributed by atoms with Gasteiger partial charge in [-0.2, -0.15) is 0 Å². The fourth-order valence-corrected chi connectivity index (χ4v) is 3.02. The van der Waals surface area contributed by atoms with Crippen molar-refractivity contribution in [2.24, 2.45) is 0 Å². The first-order valence-electron chi connectivity index (χ1n) is 9.09. The van der Waals surface area contributed by atoms with E-state index < -0.39 is 0 Å². The van der Waals surface area contributed by atoms with Crippen molar-refractivity contribution in [3.05, 3.63) is 65.6 Å². The molecule has 0 aliphatic carbocycles. The van der Waals surface area contributed by atoms with Gasteiger partial charge in [-0.05, 0) is 61.7 Å². The van der Waals surface area contributed by atoms with Gasteiger partial charge >= 0.3 is 6.03 Å². The van der Waals surface area contributed by atoms with Crippen LogP contribution in [0, 0.1) is 5.82 Å². The molecule has 0 aliphatic rings. The second-order valence-corrected chi connectivity index (χ2v) is 6.38. The highest BCUT2D eigenvalue weighted by Crippen LogP contribution is 2.20. The number of carbonyl (C=O) groups is 1. The molecule has 27 heavy (non-hydrogen) atoms. The zero-order chi connectivity index (χ0) is 19.2. The van der Waals surface area contributed by atoms with Crippen molar-refractivity contribution in [3.8, 4) is 5.75 Å². The van der Waals surface area contributed by atoms with Crippen LogP contribution in [-0.2, 0) is 6.42 Å². The lowest BCUT2D eigenvalue weighted by Crippen LogP contribution is -2.38. The maximum absolute atomic E-state index is 13.4. The van der Waals surface area contributed by atoms with E-state index in [1.54, 1.807) is 6.07 Å². The van der Waals surface area contributed by atoms with Crippen molar-refractivity contribution in [1.82, 2.24) is 15.6 Å². The molecule has 2 aromatic carbocycles. The van der Waals surface area contributed by atoms with Crippen molar-refractivity contribution in [2.75, 3.05) is 13.2 Å². The summed E-state index contributed by atoms with van der Waals surface area (Å²) < 4.78 is 18.8. The Bertz CT molecular complexity index is 905. The van der Waals surface area contributed by atoms with E-state index in [1.165, 1.54) is 12.1 Å². The summed E-state index contributed by atoms with van der Waals surface area (Å²) in [6, 6.07) is 12.0. The van der Waals surface area contributed by atoms with Crippen molar-refractivity contribution in [2.45, 2.75) is 26.3 Å². The van der Waals surface area contributed by atoms with Crippen LogP contribution in [0.4, 0.5) is 9.18 Å². The second-order valence-electron chi connectivity index (χ2n) is 6.38. The van der Waals surface area contributed by atoms with E-state index in [-0.39, 0.29) is 17.9 Å². The molecular weight excluding hydrogens is 345 g/mol. The van der Waals surface area contributed by atoms with Gasteiger partial charge in [0.05, 0.1) is 12.6 Å². The van der Waals surface area contributed by atoms with E-state index in [0.717, 1.165) is 27.8 Å². The summed E-state index contributed by atoms with van der Waals surface area (Å²) in [6.45, 7) is 4.96. The molecule has 6 heteroatoms. The van der Waals surface area contributed by atoms with E-state index in [9.17, 15) is 9.18 Å². The first kappa shape index (κ1) is 18.8. The molecule has 0 spiro atoms. The molecule has 1 unspecified atom stereocenters. The van der Waals surface area contributed by atoms with E-state index in [0.29, 0.717) is 19.6 Å². The Balaban J connectivity index is 1.49. The van der Waals surface area contributed by atoms with Crippen LogP contribution in [0.1, 0.15) is 31.0 Å². The quantitative estimate of drug-likeness (QED) is 0.581. The van der Waals surface area contributed by atoms with Crippen LogP contribution < -0.4 is 15.4 Å². The molecule has 142 valence electrons. The van der Waals surface area contributed by atoms with Crippen molar-refractivity contribution >= 4 is 16.9 Å². The number of nitrogens with one attached hydrogen (secondary N) is 3. The number of aromatic amines is 1. The summed E-state index contributed by atoms with van der Waals surface area (Å²) in [5, 5.41) is 6.61. The van der Waals surface area contributed by atoms with Gasteiger partial charge in [0.2, 0.25) is 0 Å². The Hall–Kier alpha value is -3.02. The molecule has 0 aliphatic heterocycles. The van der Waals surface area contributed by atoms with E-state index >= 15 is 0 Å². The van der Waals surface area contributed by atoms with Crippen LogP contribution in [0.15, 0.2) is 48.7 Å². The minimum Gasteiger partial charge on any atom is -0.494 e. The number of amides is 2. The predicted octanol–water partition coefficient (Wildman–Crippen LogP) is 4.31. The summed E-state index contributed by atoms with van der Waals surface area (Å²) >= 11 is 0. The molecule has 1 atom stereocenters. The third kappa shape index (κ3) is 4.78. The van der Waals surface area contributed by atoms with Crippen LogP contribution in [0.25, 0.3) is 10.9 Å². The van der Waals surface area contributed by atoms with Crippen LogP contribution in [0.5, 0.6) is 5.75 Å². The standard InChI is InChI=1S/C21H24FN3O2/c1-3-27-18-7-4-15(5-8-18)14(2)25-21(26)23-11-10-16-13-24-20-9-6-17(22)12-19(16)20/h4-9,12-14,24H,3,10-11H2,1-2H3,(H2,23,25,26). The monoisotopic (exact) mass is 369 g/mol. The fraction of sp³-hybridized carbons (Fsp3) is 0.286. The number of halogens is 1. The molecule has 0 saturated heterocycles. The number of carbonyl (C=O) groups excluding carboxylic acids is 1. The Labute approximate surface area is 157 Å². The van der Waals surface area contributed by atoms with Gasteiger partial charge in [-0.3, -0.25) is 0 Å². The lowest BCUT2D eigenvalue weighted by atomic mass is 10.1. The number of H-pyrrole nitrogens is 1. The van der Waals surface area contributed by atoms with E-state index in [2.05, 4.69) is 15.6 Å². The van der Waals surface area contributed by atoms with Crippen LogP contribution in [0.2, 0.25) is 0 Å². The number of aromatic nitrogens is 1. The van der Waals surface area contributed by atoms with Crippen molar-refractivity contribution in [3.63, 3.8) is 0 Å². The number of benzene rings is 2. The molecule has 0 bridgehead atoms. The first-order chi connectivity index (χ1) is 13.1. The lowest BCUT2D eigenvalue weighted by Gasteiger charge is -2.15. The third-order valence-electron chi connectivity index (χ3n) is 4.45. The summed E-state index contributed by atoms with van der Waals surface area (Å²) in [5.41, 5.74) is 2.87.